The number of H-pyrrole nitrogens is 1. The van der Waals surface area contributed by atoms with Gasteiger partial charge in [-0.15, -0.1) is 0 Å². The second-order valence-corrected chi connectivity index (χ2v) is 3.57. The molecule has 0 radical (unpaired) electrons. The maximum Gasteiger partial charge on any atom is 0.280 e. The molecule has 0 unspecified atom stereocenters. The number of benzene rings is 1. The normalized spacial score (nSPS) is 10.1. The lowest BCUT2D eigenvalue weighted by atomic mass is 10.1. The van der Waals surface area contributed by atoms with E-state index < -0.39 is 11.5 Å². The van der Waals surface area contributed by atoms with E-state index in [0.717, 1.165) is 5.56 Å². The number of nitrogens with two attached hydrogens (primary N) is 1. The van der Waals surface area contributed by atoms with Gasteiger partial charge in [0, 0.05) is 0 Å². The van der Waals surface area contributed by atoms with Gasteiger partial charge in [0.15, 0.2) is 5.69 Å². The van der Waals surface area contributed by atoms with Crippen LogP contribution in [0.1, 0.15) is 10.5 Å². The number of nitrogens with zero attached hydrogens (tertiary/aromatic N) is 1. The minimum Gasteiger partial charge on any atom is -0.497 e. The summed E-state index contributed by atoms with van der Waals surface area (Å²) in [5.41, 5.74) is 5.37. The molecule has 92 valence electrons. The van der Waals surface area contributed by atoms with Crippen LogP contribution in [0.15, 0.2) is 35.3 Å². The van der Waals surface area contributed by atoms with Gasteiger partial charge in [0.1, 0.15) is 5.75 Å². The molecule has 6 heteroatoms. The number of hydrogen-bond acceptors (Lipinski definition) is 4. The van der Waals surface area contributed by atoms with Crippen molar-refractivity contribution in [2.75, 3.05) is 7.11 Å². The number of aromatic nitrogens is 2. The van der Waals surface area contributed by atoms with Gasteiger partial charge >= 0.3 is 0 Å². The topological polar surface area (TPSA) is 98.1 Å². The highest BCUT2D eigenvalue weighted by Gasteiger charge is 2.09. The average molecular weight is 245 g/mol. The van der Waals surface area contributed by atoms with E-state index in [-0.39, 0.29) is 5.69 Å². The first-order valence-electron chi connectivity index (χ1n) is 5.15. The van der Waals surface area contributed by atoms with E-state index in [1.807, 2.05) is 0 Å². The van der Waals surface area contributed by atoms with E-state index >= 15 is 0 Å². The summed E-state index contributed by atoms with van der Waals surface area (Å²) in [6.07, 6.45) is 1.39. The molecule has 0 saturated heterocycles. The van der Waals surface area contributed by atoms with Gasteiger partial charge in [-0.2, -0.15) is 0 Å². The Bertz CT molecular complexity index is 632. The molecule has 0 fully saturated rings. The molecular weight excluding hydrogens is 234 g/mol. The molecule has 1 aromatic heterocycles. The van der Waals surface area contributed by atoms with Crippen molar-refractivity contribution in [1.82, 2.24) is 9.97 Å². The summed E-state index contributed by atoms with van der Waals surface area (Å²) in [6.45, 7) is 0. The van der Waals surface area contributed by atoms with Crippen molar-refractivity contribution in [3.63, 3.8) is 0 Å². The van der Waals surface area contributed by atoms with E-state index in [0.29, 0.717) is 11.4 Å². The first-order valence-corrected chi connectivity index (χ1v) is 5.15. The summed E-state index contributed by atoms with van der Waals surface area (Å²) >= 11 is 0. The number of nitrogens with one attached hydrogen (secondary N) is 1. The summed E-state index contributed by atoms with van der Waals surface area (Å²) in [7, 11) is 1.57. The standard InChI is InChI=1S/C12H11N3O3/c1-18-8-4-2-7(3-5-8)9-6-14-10(11(13)16)12(17)15-9/h2-6H,1H3,(H2,13,16)(H,15,17). The molecule has 0 aliphatic carbocycles. The number of ether oxygens (including phenoxy) is 1. The monoisotopic (exact) mass is 245 g/mol. The molecule has 0 bridgehead atoms. The lowest BCUT2D eigenvalue weighted by Gasteiger charge is -2.03. The zero-order chi connectivity index (χ0) is 13.1. The molecule has 0 aliphatic heterocycles. The molecule has 2 aromatic rings. The number of rotatable bonds is 3. The first kappa shape index (κ1) is 11.8. The zero-order valence-electron chi connectivity index (χ0n) is 9.64. The van der Waals surface area contributed by atoms with E-state index in [2.05, 4.69) is 9.97 Å². The Balaban J connectivity index is 2.42. The Labute approximate surface area is 102 Å². The molecule has 6 nitrogen and oxygen atoms in total. The van der Waals surface area contributed by atoms with Crippen LogP contribution in [0.25, 0.3) is 11.3 Å². The van der Waals surface area contributed by atoms with Crippen molar-refractivity contribution in [1.29, 1.82) is 0 Å². The Morgan fingerprint density at radius 1 is 1.33 bits per heavy atom. The largest absolute Gasteiger partial charge is 0.497 e. The zero-order valence-corrected chi connectivity index (χ0v) is 9.64. The molecule has 0 spiro atoms. The van der Waals surface area contributed by atoms with Crippen molar-refractivity contribution >= 4 is 5.91 Å². The van der Waals surface area contributed by atoms with Crippen molar-refractivity contribution in [2.45, 2.75) is 0 Å². The predicted molar refractivity (Wildman–Crippen MR) is 65.4 cm³/mol. The van der Waals surface area contributed by atoms with Crippen LogP contribution in [-0.2, 0) is 0 Å². The predicted octanol–water partition coefficient (Wildman–Crippen LogP) is 0.544. The van der Waals surface area contributed by atoms with Crippen LogP contribution in [0, 0.1) is 0 Å². The van der Waals surface area contributed by atoms with Gasteiger partial charge in [0.25, 0.3) is 11.5 Å². The van der Waals surface area contributed by atoms with Crippen LogP contribution < -0.4 is 16.0 Å². The van der Waals surface area contributed by atoms with Crippen LogP contribution in [0.2, 0.25) is 0 Å². The second-order valence-electron chi connectivity index (χ2n) is 3.57. The SMILES string of the molecule is COc1ccc(-c2cnc(C(N)=O)c(=O)[nH]2)cc1. The number of amides is 1. The maximum atomic E-state index is 11.5. The van der Waals surface area contributed by atoms with Crippen molar-refractivity contribution in [3.05, 3.63) is 46.5 Å². The molecule has 0 saturated carbocycles. The van der Waals surface area contributed by atoms with Gasteiger partial charge < -0.3 is 15.5 Å². The summed E-state index contributed by atoms with van der Waals surface area (Å²) in [4.78, 5) is 28.7. The molecule has 18 heavy (non-hydrogen) atoms. The highest BCUT2D eigenvalue weighted by molar-refractivity contribution is 5.90. The molecule has 1 aromatic carbocycles. The fourth-order valence-electron chi connectivity index (χ4n) is 1.49. The van der Waals surface area contributed by atoms with Gasteiger partial charge in [0.2, 0.25) is 0 Å². The fourth-order valence-corrected chi connectivity index (χ4v) is 1.49. The third-order valence-corrected chi connectivity index (χ3v) is 2.42. The highest BCUT2D eigenvalue weighted by atomic mass is 16.5. The molecule has 2 rings (SSSR count). The van der Waals surface area contributed by atoms with Gasteiger partial charge in [-0.1, -0.05) is 0 Å². The highest BCUT2D eigenvalue weighted by Crippen LogP contribution is 2.18. The minimum atomic E-state index is -0.850. The quantitative estimate of drug-likeness (QED) is 0.824. The summed E-state index contributed by atoms with van der Waals surface area (Å²) in [5.74, 6) is -0.139. The number of primary amides is 1. The Kier molecular flexibility index (Phi) is 3.09. The Morgan fingerprint density at radius 3 is 2.50 bits per heavy atom. The molecular formula is C12H11N3O3. The van der Waals surface area contributed by atoms with Gasteiger partial charge in [-0.25, -0.2) is 4.98 Å². The summed E-state index contributed by atoms with van der Waals surface area (Å²) < 4.78 is 5.03. The number of carbonyl (C=O) groups excluding carboxylic acids is 1. The molecule has 1 heterocycles. The maximum absolute atomic E-state index is 11.5. The third kappa shape index (κ3) is 2.22. The Morgan fingerprint density at radius 2 is 2.00 bits per heavy atom. The third-order valence-electron chi connectivity index (χ3n) is 2.42. The lowest BCUT2D eigenvalue weighted by Crippen LogP contribution is -2.25. The van der Waals surface area contributed by atoms with E-state index in [9.17, 15) is 9.59 Å². The van der Waals surface area contributed by atoms with Gasteiger partial charge in [-0.3, -0.25) is 9.59 Å². The van der Waals surface area contributed by atoms with Crippen LogP contribution >= 0.6 is 0 Å². The summed E-state index contributed by atoms with van der Waals surface area (Å²) in [6, 6.07) is 7.07. The number of hydrogen-bond donors (Lipinski definition) is 2. The van der Waals surface area contributed by atoms with Crippen LogP contribution in [0.4, 0.5) is 0 Å². The van der Waals surface area contributed by atoms with Gasteiger partial charge in [0.05, 0.1) is 19.0 Å². The van der Waals surface area contributed by atoms with Crippen molar-refractivity contribution in [3.8, 4) is 17.0 Å². The van der Waals surface area contributed by atoms with Crippen molar-refractivity contribution < 1.29 is 9.53 Å². The number of aromatic amines is 1. The van der Waals surface area contributed by atoms with E-state index in [1.54, 1.807) is 31.4 Å². The van der Waals surface area contributed by atoms with E-state index in [4.69, 9.17) is 10.5 Å². The van der Waals surface area contributed by atoms with Gasteiger partial charge in [-0.05, 0) is 29.8 Å². The number of carbonyl (C=O) groups is 1. The molecule has 0 aliphatic rings. The Hall–Kier alpha value is -2.63. The van der Waals surface area contributed by atoms with Crippen LogP contribution in [-0.4, -0.2) is 23.0 Å². The van der Waals surface area contributed by atoms with Crippen LogP contribution in [0.3, 0.4) is 0 Å². The first-order chi connectivity index (χ1) is 8.61. The fraction of sp³-hybridized carbons (Fsp3) is 0.0833. The summed E-state index contributed by atoms with van der Waals surface area (Å²) in [5, 5.41) is 0. The lowest BCUT2D eigenvalue weighted by molar-refractivity contribution is 0.0994. The smallest absolute Gasteiger partial charge is 0.280 e. The minimum absolute atomic E-state index is 0.299. The average Bonchev–Trinajstić information content (AvgIpc) is 2.38. The molecule has 3 N–H and O–H groups in total. The van der Waals surface area contributed by atoms with Crippen LogP contribution in [0.5, 0.6) is 5.75 Å². The molecule has 0 atom stereocenters. The van der Waals surface area contributed by atoms with Crippen molar-refractivity contribution in [2.24, 2.45) is 5.73 Å². The second kappa shape index (κ2) is 4.70. The number of methoxy groups -OCH3 is 1. The van der Waals surface area contributed by atoms with E-state index in [1.165, 1.54) is 6.20 Å². The molecule has 1 amide bonds.